The van der Waals surface area contributed by atoms with Crippen LogP contribution in [-0.2, 0) is 14.4 Å². The van der Waals surface area contributed by atoms with Gasteiger partial charge in [-0.2, -0.15) is 0 Å². The van der Waals surface area contributed by atoms with Crippen LogP contribution in [0.4, 0.5) is 0 Å². The van der Waals surface area contributed by atoms with E-state index in [9.17, 15) is 14.4 Å². The van der Waals surface area contributed by atoms with Crippen LogP contribution in [-0.4, -0.2) is 62.2 Å². The second-order valence-electron chi connectivity index (χ2n) is 2.99. The highest BCUT2D eigenvalue weighted by molar-refractivity contribution is 5.88. The Bertz CT molecular complexity index is 264. The van der Waals surface area contributed by atoms with Crippen molar-refractivity contribution in [2.24, 2.45) is 5.73 Å². The first kappa shape index (κ1) is 21.8. The van der Waals surface area contributed by atoms with Gasteiger partial charge in [-0.1, -0.05) is 0 Å². The third kappa shape index (κ3) is 11.1. The van der Waals surface area contributed by atoms with Gasteiger partial charge in [-0.05, 0) is 0 Å². The lowest BCUT2D eigenvalue weighted by molar-refractivity contribution is -0.170. The Morgan fingerprint density at radius 1 is 1.00 bits per heavy atom. The number of carboxylic acids is 3. The standard InChI is InChI=1S/C6H8O7.C2H7NO.ClH/c7-3(8)1-6(13,5(11)12)2-4(9)10;3-1-2-4;/h13H,1-2H2,(H,7,8)(H,9,10)(H,11,12);4H,1-3H2;1H. The maximum atomic E-state index is 10.3. The fourth-order valence-electron chi connectivity index (χ4n) is 0.714. The van der Waals surface area contributed by atoms with Crippen molar-refractivity contribution < 1.29 is 39.9 Å². The average Bonchev–Trinajstić information content (AvgIpc) is 2.15. The molecule has 0 heterocycles. The van der Waals surface area contributed by atoms with E-state index >= 15 is 0 Å². The van der Waals surface area contributed by atoms with Gasteiger partial charge in [0.2, 0.25) is 0 Å². The first-order valence-electron chi connectivity index (χ1n) is 4.40. The lowest BCUT2D eigenvalue weighted by Gasteiger charge is -2.18. The van der Waals surface area contributed by atoms with Gasteiger partial charge in [-0.15, -0.1) is 12.4 Å². The lowest BCUT2D eigenvalue weighted by atomic mass is 9.96. The number of aliphatic hydroxyl groups excluding tert-OH is 1. The van der Waals surface area contributed by atoms with E-state index in [-0.39, 0.29) is 19.0 Å². The largest absolute Gasteiger partial charge is 0.481 e. The molecule has 0 aromatic rings. The first-order valence-corrected chi connectivity index (χ1v) is 4.40. The molecule has 9 nitrogen and oxygen atoms in total. The number of hydrogen-bond acceptors (Lipinski definition) is 6. The third-order valence-corrected chi connectivity index (χ3v) is 1.41. The number of aliphatic hydroxyl groups is 2. The minimum atomic E-state index is -2.74. The van der Waals surface area contributed by atoms with E-state index in [1.165, 1.54) is 0 Å². The first-order chi connectivity index (χ1) is 7.69. The second-order valence-corrected chi connectivity index (χ2v) is 2.99. The molecule has 0 aromatic heterocycles. The predicted molar refractivity (Wildman–Crippen MR) is 60.5 cm³/mol. The van der Waals surface area contributed by atoms with E-state index in [1.54, 1.807) is 0 Å². The molecule has 10 heteroatoms. The number of carbonyl (C=O) groups is 3. The lowest BCUT2D eigenvalue weighted by Crippen LogP contribution is -2.42. The van der Waals surface area contributed by atoms with E-state index in [0.717, 1.165) is 0 Å². The van der Waals surface area contributed by atoms with Gasteiger partial charge in [0.1, 0.15) is 0 Å². The summed E-state index contributed by atoms with van der Waals surface area (Å²) in [5.74, 6) is -5.02. The van der Waals surface area contributed by atoms with Crippen molar-refractivity contribution in [1.82, 2.24) is 0 Å². The summed E-state index contributed by atoms with van der Waals surface area (Å²) in [5, 5.41) is 41.6. The average molecular weight is 290 g/mol. The second kappa shape index (κ2) is 10.7. The van der Waals surface area contributed by atoms with Gasteiger partial charge >= 0.3 is 17.9 Å². The fourth-order valence-corrected chi connectivity index (χ4v) is 0.714. The van der Waals surface area contributed by atoms with Crippen LogP contribution in [0.5, 0.6) is 0 Å². The molecule has 0 unspecified atom stereocenters. The van der Waals surface area contributed by atoms with Gasteiger partial charge in [0.05, 0.1) is 19.4 Å². The number of hydrogen-bond donors (Lipinski definition) is 6. The summed E-state index contributed by atoms with van der Waals surface area (Å²) in [6.45, 7) is 0.472. The number of aliphatic carboxylic acids is 3. The van der Waals surface area contributed by atoms with E-state index in [1.807, 2.05) is 0 Å². The monoisotopic (exact) mass is 289 g/mol. The summed E-state index contributed by atoms with van der Waals surface area (Å²) in [5.41, 5.74) is 2.04. The van der Waals surface area contributed by atoms with E-state index in [4.69, 9.17) is 31.3 Å². The number of carboxylic acid groups (broad SMARTS) is 3. The molecular formula is C8H16ClNO8. The number of rotatable bonds is 6. The van der Waals surface area contributed by atoms with Crippen LogP contribution in [0.1, 0.15) is 12.8 Å². The van der Waals surface area contributed by atoms with Crippen LogP contribution in [0.25, 0.3) is 0 Å². The van der Waals surface area contributed by atoms with Gasteiger partial charge < -0.3 is 31.3 Å². The molecule has 0 spiro atoms. The summed E-state index contributed by atoms with van der Waals surface area (Å²) in [6.07, 6.45) is -2.29. The van der Waals surface area contributed by atoms with Crippen molar-refractivity contribution in [2.75, 3.05) is 13.2 Å². The van der Waals surface area contributed by atoms with Gasteiger partial charge in [0.25, 0.3) is 0 Å². The molecule has 0 saturated heterocycles. The van der Waals surface area contributed by atoms with E-state index in [0.29, 0.717) is 6.54 Å². The highest BCUT2D eigenvalue weighted by Gasteiger charge is 2.40. The molecule has 0 aliphatic heterocycles. The summed E-state index contributed by atoms with van der Waals surface area (Å²) in [7, 11) is 0. The molecule has 0 aliphatic rings. The summed E-state index contributed by atoms with van der Waals surface area (Å²) in [6, 6.07) is 0. The van der Waals surface area contributed by atoms with Crippen molar-refractivity contribution in [3.05, 3.63) is 0 Å². The molecule has 0 rings (SSSR count). The zero-order chi connectivity index (χ0) is 14.1. The van der Waals surface area contributed by atoms with Crippen LogP contribution in [0.15, 0.2) is 0 Å². The van der Waals surface area contributed by atoms with Crippen LogP contribution in [0.2, 0.25) is 0 Å². The molecule has 18 heavy (non-hydrogen) atoms. The minimum absolute atomic E-state index is 0. The SMILES string of the molecule is Cl.NCCO.O=C(O)CC(O)(CC(=O)O)C(=O)O. The van der Waals surface area contributed by atoms with E-state index < -0.39 is 36.4 Å². The zero-order valence-electron chi connectivity index (χ0n) is 9.27. The maximum absolute atomic E-state index is 10.3. The summed E-state index contributed by atoms with van der Waals surface area (Å²) < 4.78 is 0. The number of nitrogens with two attached hydrogens (primary N) is 1. The highest BCUT2D eigenvalue weighted by Crippen LogP contribution is 2.15. The Hall–Kier alpha value is -1.42. The Kier molecular flexibility index (Phi) is 13.0. The smallest absolute Gasteiger partial charge is 0.336 e. The molecule has 0 bridgehead atoms. The van der Waals surface area contributed by atoms with E-state index in [2.05, 4.69) is 0 Å². The molecule has 0 radical (unpaired) electrons. The van der Waals surface area contributed by atoms with Crippen molar-refractivity contribution in [2.45, 2.75) is 18.4 Å². The Morgan fingerprint density at radius 3 is 1.39 bits per heavy atom. The van der Waals surface area contributed by atoms with Crippen molar-refractivity contribution >= 4 is 30.3 Å². The molecular weight excluding hydrogens is 274 g/mol. The van der Waals surface area contributed by atoms with Crippen molar-refractivity contribution in [3.8, 4) is 0 Å². The van der Waals surface area contributed by atoms with Crippen LogP contribution < -0.4 is 5.73 Å². The fraction of sp³-hybridized carbons (Fsp3) is 0.625. The molecule has 0 aliphatic carbocycles. The molecule has 7 N–H and O–H groups in total. The summed E-state index contributed by atoms with van der Waals surface area (Å²) >= 11 is 0. The summed E-state index contributed by atoms with van der Waals surface area (Å²) in [4.78, 5) is 30.5. The predicted octanol–water partition coefficient (Wildman–Crippen LogP) is -1.89. The Morgan fingerprint density at radius 2 is 1.28 bits per heavy atom. The molecule has 108 valence electrons. The van der Waals surface area contributed by atoms with Crippen LogP contribution in [0.3, 0.4) is 0 Å². The minimum Gasteiger partial charge on any atom is -0.481 e. The topological polar surface area (TPSA) is 178 Å². The molecule has 0 saturated carbocycles. The van der Waals surface area contributed by atoms with Gasteiger partial charge in [-0.25, -0.2) is 4.79 Å². The zero-order valence-corrected chi connectivity index (χ0v) is 10.1. The van der Waals surface area contributed by atoms with Crippen molar-refractivity contribution in [3.63, 3.8) is 0 Å². The van der Waals surface area contributed by atoms with Gasteiger partial charge in [0, 0.05) is 6.54 Å². The molecule has 0 atom stereocenters. The normalized spacial score (nSPS) is 9.50. The molecule has 0 amide bonds. The van der Waals surface area contributed by atoms with Crippen molar-refractivity contribution in [1.29, 1.82) is 0 Å². The van der Waals surface area contributed by atoms with Gasteiger partial charge in [0.15, 0.2) is 5.60 Å². The quantitative estimate of drug-likeness (QED) is 0.326. The Labute approximate surface area is 108 Å². The molecule has 0 aromatic carbocycles. The molecule has 0 fully saturated rings. The van der Waals surface area contributed by atoms with Gasteiger partial charge in [-0.3, -0.25) is 9.59 Å². The van der Waals surface area contributed by atoms with Crippen LogP contribution in [0, 0.1) is 0 Å². The maximum Gasteiger partial charge on any atom is 0.336 e. The van der Waals surface area contributed by atoms with Crippen LogP contribution >= 0.6 is 12.4 Å². The number of halogens is 1. The highest BCUT2D eigenvalue weighted by atomic mass is 35.5. The Balaban J connectivity index is -0.000000392. The third-order valence-electron chi connectivity index (χ3n) is 1.41.